The highest BCUT2D eigenvalue weighted by Gasteiger charge is 2.41. The molecule has 0 aromatic carbocycles. The second-order valence-corrected chi connectivity index (χ2v) is 6.10. The van der Waals surface area contributed by atoms with Gasteiger partial charge >= 0.3 is 0 Å². The van der Waals surface area contributed by atoms with Gasteiger partial charge in [0.25, 0.3) is 0 Å². The number of hydrogen-bond acceptors (Lipinski definition) is 3. The van der Waals surface area contributed by atoms with Crippen molar-refractivity contribution in [2.24, 2.45) is 28.7 Å². The third-order valence-corrected chi connectivity index (χ3v) is 4.98. The van der Waals surface area contributed by atoms with E-state index in [1.54, 1.807) is 0 Å². The van der Waals surface area contributed by atoms with Gasteiger partial charge in [-0.05, 0) is 38.1 Å². The molecule has 2 rings (SSSR count). The fraction of sp³-hybridized carbons (Fsp3) is 0.857. The minimum Gasteiger partial charge on any atom is -0.369 e. The van der Waals surface area contributed by atoms with Crippen LogP contribution < -0.4 is 16.8 Å². The van der Waals surface area contributed by atoms with Crippen molar-refractivity contribution in [1.29, 1.82) is 0 Å². The van der Waals surface area contributed by atoms with E-state index in [4.69, 9.17) is 11.5 Å². The zero-order valence-corrected chi connectivity index (χ0v) is 11.5. The van der Waals surface area contributed by atoms with Gasteiger partial charge in [0.15, 0.2) is 0 Å². The van der Waals surface area contributed by atoms with E-state index in [9.17, 15) is 9.59 Å². The summed E-state index contributed by atoms with van der Waals surface area (Å²) in [6.07, 6.45) is 6.66. The second kappa shape index (κ2) is 5.90. The Hall–Kier alpha value is -1.10. The molecule has 0 unspecified atom stereocenters. The molecule has 19 heavy (non-hydrogen) atoms. The zero-order chi connectivity index (χ0) is 13.9. The van der Waals surface area contributed by atoms with Crippen molar-refractivity contribution in [2.45, 2.75) is 44.9 Å². The predicted octanol–water partition coefficient (Wildman–Crippen LogP) is 0.523. The van der Waals surface area contributed by atoms with Crippen LogP contribution in [-0.4, -0.2) is 24.9 Å². The Morgan fingerprint density at radius 2 is 1.84 bits per heavy atom. The lowest BCUT2D eigenvalue weighted by molar-refractivity contribution is -0.129. The molecule has 0 radical (unpaired) electrons. The van der Waals surface area contributed by atoms with Gasteiger partial charge in [-0.1, -0.05) is 19.3 Å². The van der Waals surface area contributed by atoms with Crippen LogP contribution in [0.25, 0.3) is 0 Å². The summed E-state index contributed by atoms with van der Waals surface area (Å²) in [5.41, 5.74) is 10.7. The minimum atomic E-state index is -0.507. The van der Waals surface area contributed by atoms with E-state index in [0.717, 1.165) is 44.9 Å². The molecule has 5 N–H and O–H groups in total. The minimum absolute atomic E-state index is 0.0244. The van der Waals surface area contributed by atoms with Crippen LogP contribution in [0.1, 0.15) is 44.9 Å². The van der Waals surface area contributed by atoms with E-state index in [1.165, 1.54) is 0 Å². The first-order chi connectivity index (χ1) is 9.09. The molecule has 0 aromatic rings. The molecule has 2 aliphatic carbocycles. The summed E-state index contributed by atoms with van der Waals surface area (Å²) in [4.78, 5) is 23.8. The number of nitrogens with two attached hydrogens (primary N) is 2. The van der Waals surface area contributed by atoms with Crippen molar-refractivity contribution in [3.8, 4) is 0 Å². The molecule has 2 atom stereocenters. The van der Waals surface area contributed by atoms with Crippen LogP contribution in [0.15, 0.2) is 0 Å². The number of primary amides is 1. The van der Waals surface area contributed by atoms with E-state index in [2.05, 4.69) is 5.32 Å². The van der Waals surface area contributed by atoms with Crippen molar-refractivity contribution in [1.82, 2.24) is 5.32 Å². The molecule has 5 nitrogen and oxygen atoms in total. The van der Waals surface area contributed by atoms with Gasteiger partial charge < -0.3 is 16.8 Å². The van der Waals surface area contributed by atoms with Crippen molar-refractivity contribution < 1.29 is 9.59 Å². The summed E-state index contributed by atoms with van der Waals surface area (Å²) in [7, 11) is 0. The Bertz CT molecular complexity index is 351. The van der Waals surface area contributed by atoms with Crippen LogP contribution in [-0.2, 0) is 9.59 Å². The maximum atomic E-state index is 12.2. The molecule has 108 valence electrons. The molecule has 0 aliphatic heterocycles. The lowest BCUT2D eigenvalue weighted by atomic mass is 9.85. The Balaban J connectivity index is 1.90. The van der Waals surface area contributed by atoms with Gasteiger partial charge in [0.2, 0.25) is 11.8 Å². The Morgan fingerprint density at radius 1 is 1.16 bits per heavy atom. The summed E-state index contributed by atoms with van der Waals surface area (Å²) < 4.78 is 0. The van der Waals surface area contributed by atoms with Crippen LogP contribution in [0.2, 0.25) is 0 Å². The molecule has 2 saturated carbocycles. The zero-order valence-electron chi connectivity index (χ0n) is 11.5. The predicted molar refractivity (Wildman–Crippen MR) is 73.0 cm³/mol. The van der Waals surface area contributed by atoms with Gasteiger partial charge in [0, 0.05) is 12.5 Å². The second-order valence-electron chi connectivity index (χ2n) is 6.10. The quantitative estimate of drug-likeness (QED) is 0.677. The SMILES string of the molecule is NC[C@H]1CCC[C@H]1C(=O)NCC1(C(N)=O)CCCC1. The number of rotatable bonds is 5. The van der Waals surface area contributed by atoms with Crippen LogP contribution in [0.5, 0.6) is 0 Å². The van der Waals surface area contributed by atoms with E-state index < -0.39 is 5.41 Å². The van der Waals surface area contributed by atoms with Gasteiger partial charge in [0.1, 0.15) is 0 Å². The molecule has 5 heteroatoms. The van der Waals surface area contributed by atoms with Gasteiger partial charge in [-0.2, -0.15) is 0 Å². The molecular weight excluding hydrogens is 242 g/mol. The average molecular weight is 267 g/mol. The normalized spacial score (nSPS) is 29.3. The van der Waals surface area contributed by atoms with Crippen LogP contribution in [0, 0.1) is 17.3 Å². The molecule has 2 aliphatic rings. The monoisotopic (exact) mass is 267 g/mol. The van der Waals surface area contributed by atoms with Crippen LogP contribution in [0.3, 0.4) is 0 Å². The van der Waals surface area contributed by atoms with E-state index >= 15 is 0 Å². The molecule has 2 amide bonds. The lowest BCUT2D eigenvalue weighted by Crippen LogP contribution is -2.46. The van der Waals surface area contributed by atoms with Gasteiger partial charge in [-0.25, -0.2) is 0 Å². The lowest BCUT2D eigenvalue weighted by Gasteiger charge is -2.27. The van der Waals surface area contributed by atoms with E-state index in [1.807, 2.05) is 0 Å². The van der Waals surface area contributed by atoms with Gasteiger partial charge in [-0.15, -0.1) is 0 Å². The number of carbonyl (C=O) groups is 2. The number of nitrogens with one attached hydrogen (secondary N) is 1. The summed E-state index contributed by atoms with van der Waals surface area (Å²) in [5.74, 6) is 0.108. The van der Waals surface area contributed by atoms with Crippen LogP contribution in [0.4, 0.5) is 0 Å². The van der Waals surface area contributed by atoms with Crippen molar-refractivity contribution in [3.05, 3.63) is 0 Å². The number of hydrogen-bond donors (Lipinski definition) is 3. The van der Waals surface area contributed by atoms with Gasteiger partial charge in [0.05, 0.1) is 5.41 Å². The van der Waals surface area contributed by atoms with Crippen molar-refractivity contribution in [3.63, 3.8) is 0 Å². The number of carbonyl (C=O) groups excluding carboxylic acids is 2. The summed E-state index contributed by atoms with van der Waals surface area (Å²) in [6, 6.07) is 0. The standard InChI is InChI=1S/C14H25N3O2/c15-8-10-4-3-5-11(10)12(18)17-9-14(13(16)19)6-1-2-7-14/h10-11H,1-9,15H2,(H2,16,19)(H,17,18)/t10-,11-/m1/s1. The first-order valence-corrected chi connectivity index (χ1v) is 7.37. The fourth-order valence-corrected chi connectivity index (χ4v) is 3.61. The maximum Gasteiger partial charge on any atom is 0.225 e. The topological polar surface area (TPSA) is 98.2 Å². The smallest absolute Gasteiger partial charge is 0.225 e. The number of amides is 2. The molecule has 0 aromatic heterocycles. The molecular formula is C14H25N3O2. The molecule has 0 heterocycles. The summed E-state index contributed by atoms with van der Waals surface area (Å²) in [6.45, 7) is 0.966. The molecule has 0 saturated heterocycles. The van der Waals surface area contributed by atoms with Crippen molar-refractivity contribution in [2.75, 3.05) is 13.1 Å². The Labute approximate surface area is 114 Å². The maximum absolute atomic E-state index is 12.2. The highest BCUT2D eigenvalue weighted by molar-refractivity contribution is 5.83. The average Bonchev–Trinajstić information content (AvgIpc) is 3.05. The first kappa shape index (κ1) is 14.3. The Kier molecular flexibility index (Phi) is 4.45. The van der Waals surface area contributed by atoms with Crippen LogP contribution >= 0.6 is 0 Å². The molecule has 2 fully saturated rings. The largest absolute Gasteiger partial charge is 0.369 e. The summed E-state index contributed by atoms with van der Waals surface area (Å²) >= 11 is 0. The summed E-state index contributed by atoms with van der Waals surface area (Å²) in [5, 5.41) is 2.96. The van der Waals surface area contributed by atoms with E-state index in [0.29, 0.717) is 19.0 Å². The molecule has 0 spiro atoms. The highest BCUT2D eigenvalue weighted by Crippen LogP contribution is 2.37. The fourth-order valence-electron chi connectivity index (χ4n) is 3.61. The molecule has 0 bridgehead atoms. The third kappa shape index (κ3) is 2.91. The Morgan fingerprint density at radius 3 is 2.42 bits per heavy atom. The van der Waals surface area contributed by atoms with E-state index in [-0.39, 0.29) is 17.7 Å². The van der Waals surface area contributed by atoms with Gasteiger partial charge in [-0.3, -0.25) is 9.59 Å². The van der Waals surface area contributed by atoms with Crippen molar-refractivity contribution >= 4 is 11.8 Å². The third-order valence-electron chi connectivity index (χ3n) is 4.98. The first-order valence-electron chi connectivity index (χ1n) is 7.37. The highest BCUT2D eigenvalue weighted by atomic mass is 16.2.